The molecule has 0 unspecified atom stereocenters. The maximum atomic E-state index is 16.9. The molecule has 13 atom stereocenters. The van der Waals surface area contributed by atoms with Gasteiger partial charge in [-0.3, -0.25) is 9.59 Å². The summed E-state index contributed by atoms with van der Waals surface area (Å²) in [5, 5.41) is 26.5. The summed E-state index contributed by atoms with van der Waals surface area (Å²) < 4.78 is 47.6. The fourth-order valence-corrected chi connectivity index (χ4v) is 9.34. The molecule has 3 saturated heterocycles. The van der Waals surface area contributed by atoms with Gasteiger partial charge in [0, 0.05) is 28.7 Å². The Labute approximate surface area is 336 Å². The number of nitrogens with one attached hydrogen (secondary N) is 1. The Kier molecular flexibility index (Phi) is 13.5. The van der Waals surface area contributed by atoms with Gasteiger partial charge in [0.05, 0.1) is 42.4 Å². The zero-order valence-corrected chi connectivity index (χ0v) is 35.4. The SMILES string of the molecule is CC[C@H]1OC(=O)[C@](C)(F)C(=O)[C@H](C)[C@@H](O[C@@H]2O[C@H](C)C[C@H](N(C)C)[C@H]2O)[C@@](C)(OCC=Cc2ccc(-c3nnn(C)n3)s2)C[C@@H](C)C(=O)[C@H](C)[C@H]2NC(=O)O[C@@]21C. The van der Waals surface area contributed by atoms with Crippen LogP contribution in [0.15, 0.2) is 18.2 Å². The molecule has 2 aromatic rings. The number of alkyl carbamates (subject to hydrolysis) is 1. The van der Waals surface area contributed by atoms with E-state index < -0.39 is 89.2 Å². The van der Waals surface area contributed by atoms with Gasteiger partial charge in [-0.25, -0.2) is 14.0 Å². The average molecular weight is 821 g/mol. The second kappa shape index (κ2) is 17.3. The molecule has 5 heterocycles. The van der Waals surface area contributed by atoms with E-state index in [0.29, 0.717) is 12.2 Å². The first-order valence-corrected chi connectivity index (χ1v) is 20.2. The summed E-state index contributed by atoms with van der Waals surface area (Å²) in [6.45, 7) is 12.2. The Morgan fingerprint density at radius 1 is 1.12 bits per heavy atom. The highest BCUT2D eigenvalue weighted by Gasteiger charge is 2.59. The first kappa shape index (κ1) is 44.4. The van der Waals surface area contributed by atoms with Crippen molar-refractivity contribution in [3.8, 4) is 10.7 Å². The van der Waals surface area contributed by atoms with E-state index in [1.807, 2.05) is 44.1 Å². The van der Waals surface area contributed by atoms with Crippen molar-refractivity contribution in [1.82, 2.24) is 30.4 Å². The zero-order chi connectivity index (χ0) is 42.2. The number of thiophene rings is 1. The molecule has 18 heteroatoms. The first-order valence-electron chi connectivity index (χ1n) is 19.4. The number of rotatable bonds is 9. The molecule has 3 fully saturated rings. The number of fused-ring (bicyclic) bond motifs is 1. The third-order valence-electron chi connectivity index (χ3n) is 11.6. The lowest BCUT2D eigenvalue weighted by Gasteiger charge is -2.47. The number of Topliss-reactive ketones (excluding diaryl/α,β-unsaturated/α-hetero) is 2. The molecule has 0 saturated carbocycles. The quantitative estimate of drug-likeness (QED) is 0.273. The molecule has 5 rings (SSSR count). The number of carbonyl (C=O) groups excluding carboxylic acids is 4. The average Bonchev–Trinajstić information content (AvgIpc) is 3.88. The minimum atomic E-state index is -3.20. The van der Waals surface area contributed by atoms with E-state index in [9.17, 15) is 24.3 Å². The fraction of sp³-hybridized carbons (Fsp3) is 0.718. The Morgan fingerprint density at radius 3 is 2.46 bits per heavy atom. The van der Waals surface area contributed by atoms with Crippen molar-refractivity contribution < 1.29 is 52.4 Å². The Bertz CT molecular complexity index is 1820. The lowest BCUT2D eigenvalue weighted by molar-refractivity contribution is -0.297. The zero-order valence-electron chi connectivity index (χ0n) is 34.6. The van der Waals surface area contributed by atoms with E-state index in [2.05, 4.69) is 20.7 Å². The van der Waals surface area contributed by atoms with Crippen LogP contribution in [0.2, 0.25) is 0 Å². The Hall–Kier alpha value is -3.68. The molecule has 0 aliphatic carbocycles. The smallest absolute Gasteiger partial charge is 0.408 e. The summed E-state index contributed by atoms with van der Waals surface area (Å²) in [4.78, 5) is 60.1. The topological polar surface area (TPSA) is 194 Å². The molecule has 2 N–H and O–H groups in total. The van der Waals surface area contributed by atoms with Crippen molar-refractivity contribution in [3.05, 3.63) is 23.1 Å². The molecular weight excluding hydrogens is 764 g/mol. The van der Waals surface area contributed by atoms with Gasteiger partial charge in [0.25, 0.3) is 5.67 Å². The van der Waals surface area contributed by atoms with Crippen LogP contribution in [0, 0.1) is 17.8 Å². The number of aromatic nitrogens is 4. The number of ketones is 2. The molecule has 3 aliphatic heterocycles. The number of amides is 1. The molecule has 3 aliphatic rings. The summed E-state index contributed by atoms with van der Waals surface area (Å²) in [7, 11) is 5.31. The first-order chi connectivity index (χ1) is 26.6. The van der Waals surface area contributed by atoms with E-state index >= 15 is 4.39 Å². The summed E-state index contributed by atoms with van der Waals surface area (Å²) in [6.07, 6.45) is -2.16. The number of tetrazole rings is 1. The van der Waals surface area contributed by atoms with Crippen LogP contribution < -0.4 is 5.32 Å². The number of hydrogen-bond donors (Lipinski definition) is 2. The van der Waals surface area contributed by atoms with Crippen LogP contribution in [0.25, 0.3) is 16.8 Å². The van der Waals surface area contributed by atoms with Crippen LogP contribution in [0.3, 0.4) is 0 Å². The number of ether oxygens (including phenoxy) is 5. The molecule has 1 amide bonds. The standard InChI is InChI=1S/C39H57FN6O10S/c1-12-27-39(8)30(41-36(51)56-39)22(4)28(47)20(2)19-37(6,52-17-13-14-24-15-16-26(57-24)33-42-44-46(11)43-33)32(23(5)31(49)38(7,40)35(50)54-27)55-34-29(48)25(45(9)10)18-21(3)53-34/h13-16,20-23,25,27,29-30,32,34,48H,12,17-19H2,1-11H3,(H,41,51)/t20-,21-,22+,23+,25+,27-,29-,30-,32-,34+,37+,38-,39-/m1/s1. The number of aliphatic hydroxyl groups excluding tert-OH is 1. The molecule has 0 bridgehead atoms. The van der Waals surface area contributed by atoms with Gasteiger partial charge in [-0.2, -0.15) is 4.80 Å². The maximum absolute atomic E-state index is 16.9. The lowest BCUT2D eigenvalue weighted by atomic mass is 9.73. The van der Waals surface area contributed by atoms with Crippen LogP contribution >= 0.6 is 11.3 Å². The van der Waals surface area contributed by atoms with E-state index in [4.69, 9.17) is 23.7 Å². The lowest BCUT2D eigenvalue weighted by Crippen LogP contribution is -2.61. The summed E-state index contributed by atoms with van der Waals surface area (Å²) in [6, 6.07) is 2.40. The predicted octanol–water partition coefficient (Wildman–Crippen LogP) is 3.91. The Balaban J connectivity index is 1.56. The van der Waals surface area contributed by atoms with Gasteiger partial charge in [0.2, 0.25) is 5.82 Å². The van der Waals surface area contributed by atoms with Gasteiger partial charge >= 0.3 is 12.1 Å². The number of esters is 1. The molecule has 0 radical (unpaired) electrons. The van der Waals surface area contributed by atoms with Gasteiger partial charge in [-0.1, -0.05) is 33.8 Å². The number of likely N-dealkylation sites (N-methyl/N-ethyl adjacent to an activating group) is 1. The highest BCUT2D eigenvalue weighted by atomic mass is 32.1. The largest absolute Gasteiger partial charge is 0.455 e. The van der Waals surface area contributed by atoms with Crippen molar-refractivity contribution in [2.75, 3.05) is 20.7 Å². The number of cyclic esters (lactones) is 1. The van der Waals surface area contributed by atoms with Crippen LogP contribution in [0.5, 0.6) is 0 Å². The number of carbonyl (C=O) groups is 4. The maximum Gasteiger partial charge on any atom is 0.408 e. The van der Waals surface area contributed by atoms with Crippen molar-refractivity contribution in [1.29, 1.82) is 0 Å². The third-order valence-corrected chi connectivity index (χ3v) is 12.7. The monoisotopic (exact) mass is 820 g/mol. The van der Waals surface area contributed by atoms with E-state index in [0.717, 1.165) is 16.7 Å². The number of hydrogen-bond acceptors (Lipinski definition) is 15. The van der Waals surface area contributed by atoms with E-state index in [1.165, 1.54) is 30.0 Å². The van der Waals surface area contributed by atoms with Crippen molar-refractivity contribution >= 4 is 41.0 Å². The second-order valence-electron chi connectivity index (χ2n) is 16.4. The van der Waals surface area contributed by atoms with Crippen LogP contribution in [-0.4, -0.2) is 134 Å². The number of aliphatic hydroxyl groups is 1. The van der Waals surface area contributed by atoms with Gasteiger partial charge in [-0.15, -0.1) is 21.5 Å². The minimum Gasteiger partial charge on any atom is -0.455 e. The third kappa shape index (κ3) is 9.15. The Morgan fingerprint density at radius 2 is 1.82 bits per heavy atom. The highest BCUT2D eigenvalue weighted by molar-refractivity contribution is 7.16. The number of aryl methyl sites for hydroxylation is 1. The van der Waals surface area contributed by atoms with Gasteiger partial charge in [0.1, 0.15) is 18.0 Å². The number of alkyl halides is 1. The van der Waals surface area contributed by atoms with Gasteiger partial charge in [0.15, 0.2) is 17.7 Å². The number of nitrogens with zero attached hydrogens (tertiary/aromatic N) is 5. The van der Waals surface area contributed by atoms with Crippen LogP contribution in [-0.2, 0) is 45.1 Å². The summed E-state index contributed by atoms with van der Waals surface area (Å²) in [5.41, 5.74) is -6.32. The van der Waals surface area contributed by atoms with Crippen LogP contribution in [0.4, 0.5) is 9.18 Å². The molecule has 316 valence electrons. The molecule has 2 aromatic heterocycles. The predicted molar refractivity (Wildman–Crippen MR) is 206 cm³/mol. The summed E-state index contributed by atoms with van der Waals surface area (Å²) >= 11 is 1.43. The van der Waals surface area contributed by atoms with Gasteiger partial charge < -0.3 is 39.0 Å². The van der Waals surface area contributed by atoms with Crippen molar-refractivity contribution in [2.45, 2.75) is 134 Å². The van der Waals surface area contributed by atoms with Crippen molar-refractivity contribution in [2.24, 2.45) is 24.8 Å². The molecular formula is C39H57FN6O10S. The van der Waals surface area contributed by atoms with E-state index in [1.54, 1.807) is 40.8 Å². The molecule has 57 heavy (non-hydrogen) atoms. The van der Waals surface area contributed by atoms with Gasteiger partial charge in [-0.05, 0) is 84.5 Å². The minimum absolute atomic E-state index is 0.0487. The summed E-state index contributed by atoms with van der Waals surface area (Å²) in [5.74, 6) is -5.50. The van der Waals surface area contributed by atoms with Crippen LogP contribution in [0.1, 0.15) is 79.5 Å². The highest BCUT2D eigenvalue weighted by Crippen LogP contribution is 2.41. The second-order valence-corrected chi connectivity index (χ2v) is 17.5. The van der Waals surface area contributed by atoms with Crippen molar-refractivity contribution in [3.63, 3.8) is 0 Å². The number of halogens is 1. The molecule has 16 nitrogen and oxygen atoms in total. The van der Waals surface area contributed by atoms with E-state index in [-0.39, 0.29) is 31.3 Å². The molecule has 0 aromatic carbocycles. The normalized spacial score (nSPS) is 38.5. The molecule has 0 spiro atoms. The fourth-order valence-electron chi connectivity index (χ4n) is 8.48.